The minimum absolute atomic E-state index is 0.188. The van der Waals surface area contributed by atoms with E-state index in [-0.39, 0.29) is 5.78 Å². The largest absolute Gasteiger partial charge is 0.338 e. The number of para-hydroxylation sites is 1. The molecule has 0 atom stereocenters. The number of ketones is 1. The van der Waals surface area contributed by atoms with Gasteiger partial charge in [0.15, 0.2) is 17.5 Å². The van der Waals surface area contributed by atoms with Gasteiger partial charge >= 0.3 is 0 Å². The highest BCUT2D eigenvalue weighted by atomic mass is 16.1. The van der Waals surface area contributed by atoms with Crippen LogP contribution in [0, 0.1) is 0 Å². The molecule has 6 aromatic rings. The van der Waals surface area contributed by atoms with E-state index in [1.165, 1.54) is 0 Å². The Morgan fingerprint density at radius 2 is 1.53 bits per heavy atom. The summed E-state index contributed by atoms with van der Waals surface area (Å²) < 4.78 is 2.04. The molecule has 1 N–H and O–H groups in total. The predicted molar refractivity (Wildman–Crippen MR) is 150 cm³/mol. The first-order chi connectivity index (χ1) is 18.7. The molecule has 0 spiro atoms. The summed E-state index contributed by atoms with van der Waals surface area (Å²) in [4.78, 5) is 17.5. The van der Waals surface area contributed by atoms with Crippen molar-refractivity contribution >= 4 is 28.1 Å². The summed E-state index contributed by atoms with van der Waals surface area (Å²) in [5.74, 6) is 2.41. The Morgan fingerprint density at radius 3 is 2.45 bits per heavy atom. The van der Waals surface area contributed by atoms with Crippen LogP contribution in [0.2, 0.25) is 0 Å². The minimum atomic E-state index is 0.188. The van der Waals surface area contributed by atoms with Gasteiger partial charge in [-0.2, -0.15) is 0 Å². The van der Waals surface area contributed by atoms with Gasteiger partial charge in [0.1, 0.15) is 5.78 Å². The third-order valence-electron chi connectivity index (χ3n) is 6.99. The normalized spacial score (nSPS) is 11.7. The Morgan fingerprint density at radius 1 is 0.737 bits per heavy atom. The van der Waals surface area contributed by atoms with Crippen LogP contribution in [0.4, 0.5) is 11.5 Å². The highest BCUT2D eigenvalue weighted by Crippen LogP contribution is 2.39. The van der Waals surface area contributed by atoms with Gasteiger partial charge in [-0.15, -0.1) is 10.2 Å². The summed E-state index contributed by atoms with van der Waals surface area (Å²) in [5, 5.41) is 14.9. The van der Waals surface area contributed by atoms with Crippen LogP contribution in [-0.2, 0) is 17.6 Å². The molecule has 6 nitrogen and oxygen atoms in total. The quantitative estimate of drug-likeness (QED) is 0.294. The van der Waals surface area contributed by atoms with Crippen LogP contribution < -0.4 is 5.32 Å². The number of carbonyl (C=O) groups is 1. The number of aromatic nitrogens is 4. The second kappa shape index (κ2) is 9.09. The van der Waals surface area contributed by atoms with Gasteiger partial charge in [-0.25, -0.2) is 4.98 Å². The summed E-state index contributed by atoms with van der Waals surface area (Å²) in [6, 6.07) is 34.3. The fourth-order valence-corrected chi connectivity index (χ4v) is 5.18. The average molecular weight is 494 g/mol. The summed E-state index contributed by atoms with van der Waals surface area (Å²) in [5.41, 5.74) is 5.74. The lowest BCUT2D eigenvalue weighted by molar-refractivity contribution is -0.117. The summed E-state index contributed by atoms with van der Waals surface area (Å²) in [6.07, 6.45) is 2.57. The number of rotatable bonds is 5. The second-order valence-electron chi connectivity index (χ2n) is 9.45. The van der Waals surface area contributed by atoms with Crippen molar-refractivity contribution in [3.05, 3.63) is 120 Å². The van der Waals surface area contributed by atoms with E-state index in [9.17, 15) is 4.79 Å². The lowest BCUT2D eigenvalue weighted by atomic mass is 9.97. The molecule has 0 fully saturated rings. The number of hydrogen-bond donors (Lipinski definition) is 1. The van der Waals surface area contributed by atoms with Crippen molar-refractivity contribution in [2.75, 3.05) is 5.32 Å². The third-order valence-corrected chi connectivity index (χ3v) is 6.99. The summed E-state index contributed by atoms with van der Waals surface area (Å²) in [6.45, 7) is 0. The fraction of sp³-hybridized carbons (Fsp3) is 0.0625. The maximum atomic E-state index is 13.0. The van der Waals surface area contributed by atoms with E-state index in [0.717, 1.165) is 61.9 Å². The lowest BCUT2D eigenvalue weighted by Crippen LogP contribution is -2.07. The van der Waals surface area contributed by atoms with E-state index >= 15 is 0 Å². The van der Waals surface area contributed by atoms with E-state index in [1.54, 1.807) is 6.20 Å². The fourth-order valence-electron chi connectivity index (χ4n) is 5.18. The van der Waals surface area contributed by atoms with Crippen LogP contribution in [0.15, 0.2) is 109 Å². The van der Waals surface area contributed by atoms with Crippen molar-refractivity contribution in [2.24, 2.45) is 0 Å². The number of benzene rings is 4. The molecular weight excluding hydrogens is 470 g/mol. The SMILES string of the molecule is O=C(Cc1ccc(-c2nnc3n2-c2cccnc2Nc2ccccc2-3)cc1)Cc1cccc2ccccc12. The Labute approximate surface area is 219 Å². The van der Waals surface area contributed by atoms with E-state index in [2.05, 4.69) is 38.7 Å². The number of fused-ring (bicyclic) bond motifs is 6. The van der Waals surface area contributed by atoms with Crippen LogP contribution in [0.25, 0.3) is 39.2 Å². The maximum absolute atomic E-state index is 13.0. The van der Waals surface area contributed by atoms with E-state index < -0.39 is 0 Å². The lowest BCUT2D eigenvalue weighted by Gasteiger charge is -2.11. The van der Waals surface area contributed by atoms with Crippen molar-refractivity contribution in [3.8, 4) is 28.5 Å². The molecule has 0 saturated carbocycles. The first kappa shape index (κ1) is 22.1. The first-order valence-electron chi connectivity index (χ1n) is 12.6. The zero-order valence-electron chi connectivity index (χ0n) is 20.5. The maximum Gasteiger partial charge on any atom is 0.171 e. The van der Waals surface area contributed by atoms with E-state index in [0.29, 0.717) is 12.8 Å². The molecule has 7 rings (SSSR count). The smallest absolute Gasteiger partial charge is 0.171 e. The van der Waals surface area contributed by atoms with Crippen molar-refractivity contribution in [2.45, 2.75) is 12.8 Å². The minimum Gasteiger partial charge on any atom is -0.338 e. The summed E-state index contributed by atoms with van der Waals surface area (Å²) in [7, 11) is 0. The van der Waals surface area contributed by atoms with Crippen molar-refractivity contribution in [3.63, 3.8) is 0 Å². The average Bonchev–Trinajstić information content (AvgIpc) is 3.33. The van der Waals surface area contributed by atoms with Gasteiger partial charge in [-0.1, -0.05) is 78.9 Å². The van der Waals surface area contributed by atoms with E-state index in [1.807, 2.05) is 89.5 Å². The Hall–Kier alpha value is -5.10. The highest BCUT2D eigenvalue weighted by molar-refractivity contribution is 5.91. The standard InChI is InChI=1S/C32H23N5O/c38-25(20-24-9-5-8-22-7-1-2-10-26(22)24)19-21-14-16-23(17-15-21)31-35-36-32-27-11-3-4-12-28(27)34-30-29(37(31)32)13-6-18-33-30/h1-18H,19-20H2,(H,33,34). The van der Waals surface area contributed by atoms with Crippen LogP contribution in [0.3, 0.4) is 0 Å². The highest BCUT2D eigenvalue weighted by Gasteiger charge is 2.24. The monoisotopic (exact) mass is 493 g/mol. The molecule has 0 bridgehead atoms. The number of anilines is 2. The third kappa shape index (κ3) is 3.83. The molecule has 1 aliphatic heterocycles. The molecule has 0 radical (unpaired) electrons. The number of pyridine rings is 1. The molecular formula is C32H23N5O. The van der Waals surface area contributed by atoms with Gasteiger partial charge in [0.25, 0.3) is 0 Å². The number of hydrogen-bond acceptors (Lipinski definition) is 5. The molecule has 182 valence electrons. The molecule has 0 aliphatic carbocycles. The number of Topliss-reactive ketones (excluding diaryl/α,β-unsaturated/α-hetero) is 1. The number of nitrogens with one attached hydrogen (secondary N) is 1. The van der Waals surface area contributed by atoms with Gasteiger partial charge in [0.05, 0.1) is 11.4 Å². The Balaban J connectivity index is 1.19. The number of carbonyl (C=O) groups excluding carboxylic acids is 1. The molecule has 4 aromatic carbocycles. The van der Waals surface area contributed by atoms with Crippen LogP contribution in [0.1, 0.15) is 11.1 Å². The second-order valence-corrected chi connectivity index (χ2v) is 9.45. The molecule has 0 amide bonds. The molecule has 6 heteroatoms. The van der Waals surface area contributed by atoms with Crippen molar-refractivity contribution < 1.29 is 4.79 Å². The van der Waals surface area contributed by atoms with Gasteiger partial charge in [0, 0.05) is 30.2 Å². The van der Waals surface area contributed by atoms with Crippen molar-refractivity contribution in [1.82, 2.24) is 19.7 Å². The first-order valence-corrected chi connectivity index (χ1v) is 12.6. The molecule has 0 saturated heterocycles. The molecule has 38 heavy (non-hydrogen) atoms. The zero-order valence-corrected chi connectivity index (χ0v) is 20.5. The predicted octanol–water partition coefficient (Wildman–Crippen LogP) is 6.56. The van der Waals surface area contributed by atoms with Crippen LogP contribution in [-0.4, -0.2) is 25.5 Å². The van der Waals surface area contributed by atoms with Crippen LogP contribution in [0.5, 0.6) is 0 Å². The Kier molecular flexibility index (Phi) is 5.29. The molecule has 2 aromatic heterocycles. The van der Waals surface area contributed by atoms with Crippen molar-refractivity contribution in [1.29, 1.82) is 0 Å². The van der Waals surface area contributed by atoms with Gasteiger partial charge in [-0.3, -0.25) is 9.36 Å². The van der Waals surface area contributed by atoms with Gasteiger partial charge in [-0.05, 0) is 46.2 Å². The Bertz CT molecular complexity index is 1820. The zero-order chi connectivity index (χ0) is 25.5. The molecule has 0 unspecified atom stereocenters. The van der Waals surface area contributed by atoms with Crippen LogP contribution >= 0.6 is 0 Å². The van der Waals surface area contributed by atoms with Gasteiger partial charge < -0.3 is 5.32 Å². The van der Waals surface area contributed by atoms with Gasteiger partial charge in [0.2, 0.25) is 0 Å². The molecule has 3 heterocycles. The topological polar surface area (TPSA) is 72.7 Å². The summed E-state index contributed by atoms with van der Waals surface area (Å²) >= 11 is 0. The van der Waals surface area contributed by atoms with E-state index in [4.69, 9.17) is 0 Å². The number of nitrogens with zero attached hydrogens (tertiary/aromatic N) is 4. The molecule has 1 aliphatic rings.